The summed E-state index contributed by atoms with van der Waals surface area (Å²) in [7, 11) is 3.95. The van der Waals surface area contributed by atoms with E-state index in [9.17, 15) is 5.11 Å². The zero-order valence-electron chi connectivity index (χ0n) is 9.79. The maximum absolute atomic E-state index is 9.58. The molecule has 0 fully saturated rings. The van der Waals surface area contributed by atoms with E-state index in [1.807, 2.05) is 30.8 Å². The third-order valence-electron chi connectivity index (χ3n) is 2.03. The van der Waals surface area contributed by atoms with Gasteiger partial charge in [0.05, 0.1) is 6.10 Å². The van der Waals surface area contributed by atoms with Gasteiger partial charge in [0, 0.05) is 19.1 Å². The van der Waals surface area contributed by atoms with Gasteiger partial charge in [-0.2, -0.15) is 11.8 Å². The Bertz CT molecular complexity index is 133. The normalized spacial score (nSPS) is 15.9. The molecule has 2 atom stereocenters. The Balaban J connectivity index is 3.40. The molecule has 0 spiro atoms. The molecule has 0 aliphatic carbocycles. The topological polar surface area (TPSA) is 35.5 Å². The molecule has 0 bridgehead atoms. The Hall–Kier alpha value is 0.230. The summed E-state index contributed by atoms with van der Waals surface area (Å²) in [5.74, 6) is 1.18. The number of rotatable bonds is 8. The summed E-state index contributed by atoms with van der Waals surface area (Å²) in [6, 6.07) is 0.499. The fraction of sp³-hybridized carbons (Fsp3) is 1.00. The van der Waals surface area contributed by atoms with Crippen molar-refractivity contribution in [2.45, 2.75) is 25.5 Å². The fourth-order valence-electron chi connectivity index (χ4n) is 1.22. The third kappa shape index (κ3) is 8.81. The molecule has 0 heterocycles. The highest BCUT2D eigenvalue weighted by Gasteiger charge is 2.07. The lowest BCUT2D eigenvalue weighted by molar-refractivity contribution is 0.132. The predicted octanol–water partition coefficient (Wildman–Crippen LogP) is 0.640. The van der Waals surface area contributed by atoms with Crippen LogP contribution in [0.3, 0.4) is 0 Å². The lowest BCUT2D eigenvalue weighted by Crippen LogP contribution is -2.38. The number of hydrogen-bond acceptors (Lipinski definition) is 4. The Morgan fingerprint density at radius 1 is 1.43 bits per heavy atom. The van der Waals surface area contributed by atoms with Gasteiger partial charge in [0.25, 0.3) is 0 Å². The average Bonchev–Trinajstić information content (AvgIpc) is 2.10. The van der Waals surface area contributed by atoms with Gasteiger partial charge < -0.3 is 15.3 Å². The number of hydrogen-bond donors (Lipinski definition) is 2. The van der Waals surface area contributed by atoms with Gasteiger partial charge in [-0.3, -0.25) is 0 Å². The first kappa shape index (κ1) is 14.2. The summed E-state index contributed by atoms with van der Waals surface area (Å²) >= 11 is 1.86. The van der Waals surface area contributed by atoms with E-state index in [0.717, 1.165) is 13.0 Å². The molecule has 0 saturated carbocycles. The lowest BCUT2D eigenvalue weighted by Gasteiger charge is -2.19. The summed E-state index contributed by atoms with van der Waals surface area (Å²) in [4.78, 5) is 2.00. The monoisotopic (exact) mass is 220 g/mol. The molecule has 0 rings (SSSR count). The maximum Gasteiger partial charge on any atom is 0.0791 e. The van der Waals surface area contributed by atoms with Crippen LogP contribution in [0.15, 0.2) is 0 Å². The second kappa shape index (κ2) is 8.53. The first-order valence-electron chi connectivity index (χ1n) is 5.11. The molecule has 2 unspecified atom stereocenters. The second-order valence-corrected chi connectivity index (χ2v) is 4.99. The quantitative estimate of drug-likeness (QED) is 0.629. The molecular weight excluding hydrogens is 196 g/mol. The van der Waals surface area contributed by atoms with Crippen LogP contribution in [0.4, 0.5) is 0 Å². The van der Waals surface area contributed by atoms with Gasteiger partial charge in [0.15, 0.2) is 0 Å². The van der Waals surface area contributed by atoms with E-state index < -0.39 is 0 Å². The summed E-state index contributed by atoms with van der Waals surface area (Å²) in [5.41, 5.74) is 0. The molecule has 0 aliphatic rings. The summed E-state index contributed by atoms with van der Waals surface area (Å²) < 4.78 is 0. The van der Waals surface area contributed by atoms with Crippen molar-refractivity contribution in [1.29, 1.82) is 0 Å². The van der Waals surface area contributed by atoms with Crippen LogP contribution in [0.5, 0.6) is 0 Å². The zero-order valence-corrected chi connectivity index (χ0v) is 10.6. The summed E-state index contributed by atoms with van der Waals surface area (Å²) in [6.45, 7) is 3.58. The number of nitrogens with zero attached hydrogens (tertiary/aromatic N) is 1. The van der Waals surface area contributed by atoms with Crippen LogP contribution in [0.2, 0.25) is 0 Å². The molecule has 3 nitrogen and oxygen atoms in total. The van der Waals surface area contributed by atoms with Crippen LogP contribution in [-0.2, 0) is 0 Å². The van der Waals surface area contributed by atoms with Gasteiger partial charge in [-0.25, -0.2) is 0 Å². The van der Waals surface area contributed by atoms with Gasteiger partial charge in [0.1, 0.15) is 0 Å². The maximum atomic E-state index is 9.58. The van der Waals surface area contributed by atoms with E-state index in [1.165, 1.54) is 5.75 Å². The molecule has 0 aromatic carbocycles. The van der Waals surface area contributed by atoms with Crippen molar-refractivity contribution >= 4 is 11.8 Å². The Morgan fingerprint density at radius 3 is 2.57 bits per heavy atom. The van der Waals surface area contributed by atoms with Crippen LogP contribution in [0.25, 0.3) is 0 Å². The molecule has 0 saturated heterocycles. The van der Waals surface area contributed by atoms with Gasteiger partial charge in [0.2, 0.25) is 0 Å². The number of thioether (sulfide) groups is 1. The van der Waals surface area contributed by atoms with Crippen molar-refractivity contribution in [1.82, 2.24) is 10.2 Å². The number of nitrogens with one attached hydrogen (secondary N) is 1. The molecule has 4 heteroatoms. The van der Waals surface area contributed by atoms with E-state index in [2.05, 4.69) is 18.5 Å². The van der Waals surface area contributed by atoms with Crippen molar-refractivity contribution in [3.05, 3.63) is 0 Å². The van der Waals surface area contributed by atoms with Gasteiger partial charge in [-0.05, 0) is 39.4 Å². The minimum absolute atomic E-state index is 0.262. The molecule has 0 radical (unpaired) electrons. The number of aliphatic hydroxyl groups excluding tert-OH is 1. The molecular formula is C10H24N2OS. The summed E-state index contributed by atoms with van der Waals surface area (Å²) in [6.07, 6.45) is 3.02. The highest BCUT2D eigenvalue weighted by atomic mass is 32.2. The van der Waals surface area contributed by atoms with Crippen LogP contribution in [-0.4, -0.2) is 61.3 Å². The van der Waals surface area contributed by atoms with Crippen LogP contribution >= 0.6 is 11.8 Å². The van der Waals surface area contributed by atoms with E-state index in [4.69, 9.17) is 0 Å². The van der Waals surface area contributed by atoms with Crippen molar-refractivity contribution in [3.63, 3.8) is 0 Å². The third-order valence-corrected chi connectivity index (χ3v) is 2.68. The largest absolute Gasteiger partial charge is 0.390 e. The fourth-order valence-corrected chi connectivity index (χ4v) is 1.81. The molecule has 0 aromatic rings. The number of likely N-dealkylation sites (N-methyl/N-ethyl adjacent to an activating group) is 1. The highest BCUT2D eigenvalue weighted by molar-refractivity contribution is 7.98. The minimum Gasteiger partial charge on any atom is -0.390 e. The lowest BCUT2D eigenvalue weighted by atomic mass is 10.2. The summed E-state index contributed by atoms with van der Waals surface area (Å²) in [5, 5.41) is 12.9. The highest BCUT2D eigenvalue weighted by Crippen LogP contribution is 1.99. The molecule has 86 valence electrons. The van der Waals surface area contributed by atoms with Gasteiger partial charge >= 0.3 is 0 Å². The van der Waals surface area contributed by atoms with E-state index in [1.54, 1.807) is 0 Å². The standard InChI is InChI=1S/C10H24N2OS/c1-9(5-6-14-4)11-7-10(13)8-12(2)3/h9-11,13H,5-8H2,1-4H3. The van der Waals surface area contributed by atoms with Crippen molar-refractivity contribution in [2.24, 2.45) is 0 Å². The second-order valence-electron chi connectivity index (χ2n) is 4.01. The van der Waals surface area contributed by atoms with Crippen molar-refractivity contribution in [3.8, 4) is 0 Å². The predicted molar refractivity (Wildman–Crippen MR) is 65.0 cm³/mol. The molecule has 0 aliphatic heterocycles. The SMILES string of the molecule is CSCCC(C)NCC(O)CN(C)C. The van der Waals surface area contributed by atoms with E-state index in [0.29, 0.717) is 12.6 Å². The smallest absolute Gasteiger partial charge is 0.0791 e. The van der Waals surface area contributed by atoms with Crippen molar-refractivity contribution in [2.75, 3.05) is 39.2 Å². The Labute approximate surface area is 92.3 Å². The zero-order chi connectivity index (χ0) is 11.0. The Morgan fingerprint density at radius 2 is 2.07 bits per heavy atom. The average molecular weight is 220 g/mol. The molecule has 14 heavy (non-hydrogen) atoms. The van der Waals surface area contributed by atoms with Crippen LogP contribution < -0.4 is 5.32 Å². The van der Waals surface area contributed by atoms with Crippen molar-refractivity contribution < 1.29 is 5.11 Å². The number of aliphatic hydroxyl groups is 1. The van der Waals surface area contributed by atoms with Gasteiger partial charge in [-0.15, -0.1) is 0 Å². The van der Waals surface area contributed by atoms with E-state index >= 15 is 0 Å². The molecule has 0 amide bonds. The van der Waals surface area contributed by atoms with Crippen LogP contribution in [0, 0.1) is 0 Å². The molecule has 2 N–H and O–H groups in total. The molecule has 0 aromatic heterocycles. The van der Waals surface area contributed by atoms with Crippen LogP contribution in [0.1, 0.15) is 13.3 Å². The Kier molecular flexibility index (Phi) is 8.67. The van der Waals surface area contributed by atoms with Gasteiger partial charge in [-0.1, -0.05) is 0 Å². The minimum atomic E-state index is -0.262. The first-order valence-corrected chi connectivity index (χ1v) is 6.50. The van der Waals surface area contributed by atoms with E-state index in [-0.39, 0.29) is 6.10 Å². The first-order chi connectivity index (χ1) is 6.56.